The summed E-state index contributed by atoms with van der Waals surface area (Å²) in [6.45, 7) is 2.27. The first-order valence-electron chi connectivity index (χ1n) is 4.69. The van der Waals surface area contributed by atoms with Crippen LogP contribution in [0.2, 0.25) is 5.02 Å². The number of rotatable bonds is 1. The largest absolute Gasteiger partial charge is 0.313 e. The van der Waals surface area contributed by atoms with Gasteiger partial charge in [0.25, 0.3) is 0 Å². The zero-order valence-corrected chi connectivity index (χ0v) is 8.73. The maximum absolute atomic E-state index is 5.97. The van der Waals surface area contributed by atoms with E-state index in [1.165, 1.54) is 17.5 Å². The molecule has 1 nitrogen and oxygen atoms in total. The molecule has 0 aliphatic heterocycles. The lowest BCUT2D eigenvalue weighted by molar-refractivity contribution is 0.553. The van der Waals surface area contributed by atoms with E-state index in [1.54, 1.807) is 0 Å². The van der Waals surface area contributed by atoms with Gasteiger partial charge in [-0.2, -0.15) is 0 Å². The Labute approximate surface area is 84.1 Å². The minimum absolute atomic E-state index is 0.490. The van der Waals surface area contributed by atoms with Gasteiger partial charge in [-0.1, -0.05) is 24.6 Å². The van der Waals surface area contributed by atoms with Gasteiger partial charge in [0.2, 0.25) is 0 Å². The number of fused-ring (bicyclic) bond motifs is 1. The summed E-state index contributed by atoms with van der Waals surface area (Å²) in [6.07, 6.45) is 1.19. The van der Waals surface area contributed by atoms with Gasteiger partial charge in [-0.15, -0.1) is 0 Å². The van der Waals surface area contributed by atoms with Crippen molar-refractivity contribution in [3.05, 3.63) is 34.3 Å². The van der Waals surface area contributed by atoms with E-state index in [2.05, 4.69) is 24.4 Å². The molecule has 0 amide bonds. The summed E-state index contributed by atoms with van der Waals surface area (Å²) in [7, 11) is 2.01. The second-order valence-electron chi connectivity index (χ2n) is 3.75. The molecule has 0 fully saturated rings. The lowest BCUT2D eigenvalue weighted by Gasteiger charge is -2.09. The van der Waals surface area contributed by atoms with E-state index in [4.69, 9.17) is 11.6 Å². The van der Waals surface area contributed by atoms with Crippen LogP contribution in [0.15, 0.2) is 18.2 Å². The van der Waals surface area contributed by atoms with Gasteiger partial charge < -0.3 is 5.32 Å². The van der Waals surface area contributed by atoms with Crippen molar-refractivity contribution in [2.75, 3.05) is 7.05 Å². The van der Waals surface area contributed by atoms with Crippen LogP contribution in [0.1, 0.15) is 36.4 Å². The third-order valence-corrected chi connectivity index (χ3v) is 3.13. The molecule has 1 aromatic rings. The Morgan fingerprint density at radius 1 is 1.38 bits per heavy atom. The molecule has 2 rings (SSSR count). The molecule has 0 radical (unpaired) electrons. The Balaban J connectivity index is 2.46. The molecule has 0 saturated heterocycles. The average Bonchev–Trinajstić information content (AvgIpc) is 2.42. The fourth-order valence-electron chi connectivity index (χ4n) is 2.18. The Morgan fingerprint density at radius 2 is 2.15 bits per heavy atom. The summed E-state index contributed by atoms with van der Waals surface area (Å²) in [5.74, 6) is 0.657. The maximum Gasteiger partial charge on any atom is 0.0409 e. The number of hydrogen-bond acceptors (Lipinski definition) is 1. The minimum Gasteiger partial charge on any atom is -0.313 e. The topological polar surface area (TPSA) is 12.0 Å². The third-order valence-electron chi connectivity index (χ3n) is 2.89. The Bertz CT molecular complexity index is 322. The Kier molecular flexibility index (Phi) is 2.31. The quantitative estimate of drug-likeness (QED) is 0.726. The maximum atomic E-state index is 5.97. The molecule has 1 aliphatic rings. The van der Waals surface area contributed by atoms with Gasteiger partial charge in [0.1, 0.15) is 0 Å². The molecule has 0 bridgehead atoms. The molecule has 13 heavy (non-hydrogen) atoms. The third kappa shape index (κ3) is 1.47. The molecule has 0 heterocycles. The van der Waals surface area contributed by atoms with E-state index in [0.29, 0.717) is 12.0 Å². The van der Waals surface area contributed by atoms with Crippen molar-refractivity contribution < 1.29 is 0 Å². The van der Waals surface area contributed by atoms with Crippen LogP contribution in [0, 0.1) is 0 Å². The highest BCUT2D eigenvalue weighted by molar-refractivity contribution is 6.30. The normalized spacial score (nSPS) is 26.1. The highest BCUT2D eigenvalue weighted by Gasteiger charge is 2.26. The molecule has 2 unspecified atom stereocenters. The number of benzene rings is 1. The molecule has 1 N–H and O–H groups in total. The predicted molar refractivity (Wildman–Crippen MR) is 56.3 cm³/mol. The van der Waals surface area contributed by atoms with E-state index < -0.39 is 0 Å². The molecule has 1 aliphatic carbocycles. The second kappa shape index (κ2) is 3.32. The molecule has 0 spiro atoms. The van der Waals surface area contributed by atoms with Gasteiger partial charge in [0.05, 0.1) is 0 Å². The van der Waals surface area contributed by atoms with E-state index in [1.807, 2.05) is 13.1 Å². The van der Waals surface area contributed by atoms with E-state index in [9.17, 15) is 0 Å². The lowest BCUT2D eigenvalue weighted by Crippen LogP contribution is -2.12. The summed E-state index contributed by atoms with van der Waals surface area (Å²) in [5.41, 5.74) is 2.83. The van der Waals surface area contributed by atoms with E-state index in [0.717, 1.165) is 5.02 Å². The molecule has 70 valence electrons. The van der Waals surface area contributed by atoms with Crippen molar-refractivity contribution in [3.63, 3.8) is 0 Å². The van der Waals surface area contributed by atoms with Crippen molar-refractivity contribution in [2.24, 2.45) is 0 Å². The van der Waals surface area contributed by atoms with Crippen LogP contribution in [0.4, 0.5) is 0 Å². The fourth-order valence-corrected chi connectivity index (χ4v) is 2.36. The SMILES string of the molecule is CNC1CC(C)c2ccc(Cl)cc21. The predicted octanol–water partition coefficient (Wildman–Crippen LogP) is 3.11. The molecule has 0 saturated carbocycles. The summed E-state index contributed by atoms with van der Waals surface area (Å²) in [5, 5.41) is 4.16. The summed E-state index contributed by atoms with van der Waals surface area (Å²) in [6, 6.07) is 6.71. The van der Waals surface area contributed by atoms with Crippen LogP contribution in [0.25, 0.3) is 0 Å². The first-order valence-corrected chi connectivity index (χ1v) is 5.06. The highest BCUT2D eigenvalue weighted by atomic mass is 35.5. The van der Waals surface area contributed by atoms with Crippen molar-refractivity contribution in [1.82, 2.24) is 5.32 Å². The van der Waals surface area contributed by atoms with Crippen LogP contribution >= 0.6 is 11.6 Å². The van der Waals surface area contributed by atoms with Crippen molar-refractivity contribution in [2.45, 2.75) is 25.3 Å². The van der Waals surface area contributed by atoms with Crippen LogP contribution in [0.3, 0.4) is 0 Å². The van der Waals surface area contributed by atoms with Crippen molar-refractivity contribution in [3.8, 4) is 0 Å². The average molecular weight is 196 g/mol. The molecule has 2 atom stereocenters. The summed E-state index contributed by atoms with van der Waals surface area (Å²) in [4.78, 5) is 0. The highest BCUT2D eigenvalue weighted by Crippen LogP contribution is 2.40. The smallest absolute Gasteiger partial charge is 0.0409 e. The number of halogens is 1. The van der Waals surface area contributed by atoms with Gasteiger partial charge >= 0.3 is 0 Å². The number of hydrogen-bond donors (Lipinski definition) is 1. The lowest BCUT2D eigenvalue weighted by atomic mass is 10.0. The van der Waals surface area contributed by atoms with Crippen LogP contribution in [-0.4, -0.2) is 7.05 Å². The number of nitrogens with one attached hydrogen (secondary N) is 1. The van der Waals surface area contributed by atoms with Gasteiger partial charge in [0.15, 0.2) is 0 Å². The zero-order chi connectivity index (χ0) is 9.42. The van der Waals surface area contributed by atoms with Gasteiger partial charge in [0, 0.05) is 11.1 Å². The standard InChI is InChI=1S/C11H14ClN/c1-7-5-11(13-2)10-6-8(12)3-4-9(7)10/h3-4,6-7,11,13H,5H2,1-2H3. The zero-order valence-electron chi connectivity index (χ0n) is 7.97. The van der Waals surface area contributed by atoms with Gasteiger partial charge in [-0.25, -0.2) is 0 Å². The Hall–Kier alpha value is -0.530. The van der Waals surface area contributed by atoms with E-state index >= 15 is 0 Å². The van der Waals surface area contributed by atoms with Crippen LogP contribution in [0.5, 0.6) is 0 Å². The monoisotopic (exact) mass is 195 g/mol. The molecular formula is C11H14ClN. The van der Waals surface area contributed by atoms with Crippen LogP contribution < -0.4 is 5.32 Å². The van der Waals surface area contributed by atoms with Crippen molar-refractivity contribution in [1.29, 1.82) is 0 Å². The molecule has 0 aromatic heterocycles. The Morgan fingerprint density at radius 3 is 2.85 bits per heavy atom. The molecule has 2 heteroatoms. The molecule has 1 aromatic carbocycles. The molecular weight excluding hydrogens is 182 g/mol. The van der Waals surface area contributed by atoms with E-state index in [-0.39, 0.29) is 0 Å². The fraction of sp³-hybridized carbons (Fsp3) is 0.455. The summed E-state index contributed by atoms with van der Waals surface area (Å²) < 4.78 is 0. The van der Waals surface area contributed by atoms with Gasteiger partial charge in [-0.3, -0.25) is 0 Å². The first kappa shape index (κ1) is 9.04. The summed E-state index contributed by atoms with van der Waals surface area (Å²) >= 11 is 5.97. The van der Waals surface area contributed by atoms with Crippen LogP contribution in [-0.2, 0) is 0 Å². The van der Waals surface area contributed by atoms with Crippen molar-refractivity contribution >= 4 is 11.6 Å². The van der Waals surface area contributed by atoms with Gasteiger partial charge in [-0.05, 0) is 42.6 Å². The minimum atomic E-state index is 0.490. The first-order chi connectivity index (χ1) is 6.22. The second-order valence-corrected chi connectivity index (χ2v) is 4.19.